The van der Waals surface area contributed by atoms with Crippen molar-refractivity contribution in [2.24, 2.45) is 5.92 Å². The SMILES string of the molecule is CC(C)CCNC(=O)CSc1nc2ccccc2c(=O)n1-c1ccc(Cl)c(Cl)c1. The molecule has 152 valence electrons. The molecule has 0 bridgehead atoms. The number of rotatable bonds is 7. The molecule has 8 heteroatoms. The van der Waals surface area contributed by atoms with Crippen LogP contribution in [0.15, 0.2) is 52.4 Å². The van der Waals surface area contributed by atoms with Crippen LogP contribution in [0.3, 0.4) is 0 Å². The van der Waals surface area contributed by atoms with Crippen LogP contribution in [0.1, 0.15) is 20.3 Å². The van der Waals surface area contributed by atoms with Gasteiger partial charge in [0.15, 0.2) is 5.16 Å². The lowest BCUT2D eigenvalue weighted by Gasteiger charge is -2.14. The van der Waals surface area contributed by atoms with Crippen LogP contribution in [0.4, 0.5) is 0 Å². The van der Waals surface area contributed by atoms with E-state index in [-0.39, 0.29) is 17.2 Å². The van der Waals surface area contributed by atoms with Crippen LogP contribution >= 0.6 is 35.0 Å². The zero-order valence-electron chi connectivity index (χ0n) is 16.1. The molecule has 5 nitrogen and oxygen atoms in total. The molecule has 0 atom stereocenters. The van der Waals surface area contributed by atoms with Crippen LogP contribution < -0.4 is 10.9 Å². The molecule has 1 N–H and O–H groups in total. The summed E-state index contributed by atoms with van der Waals surface area (Å²) in [5, 5.41) is 4.55. The molecule has 0 radical (unpaired) electrons. The maximum atomic E-state index is 13.2. The number of hydrogen-bond donors (Lipinski definition) is 1. The normalized spacial score (nSPS) is 11.2. The van der Waals surface area contributed by atoms with Gasteiger partial charge < -0.3 is 5.32 Å². The van der Waals surface area contributed by atoms with Gasteiger partial charge in [-0.2, -0.15) is 0 Å². The molecule has 0 fully saturated rings. The number of fused-ring (bicyclic) bond motifs is 1. The number of carbonyl (C=O) groups is 1. The summed E-state index contributed by atoms with van der Waals surface area (Å²) in [6, 6.07) is 12.1. The fraction of sp³-hybridized carbons (Fsp3) is 0.286. The second-order valence-corrected chi connectivity index (χ2v) is 8.73. The Balaban J connectivity index is 1.95. The molecule has 1 heterocycles. The number of para-hydroxylation sites is 1. The van der Waals surface area contributed by atoms with E-state index in [0.29, 0.717) is 44.3 Å². The standard InChI is InChI=1S/C21H21Cl2N3O2S/c1-13(2)9-10-24-19(27)12-29-21-25-18-6-4-3-5-15(18)20(28)26(21)14-7-8-16(22)17(23)11-14/h3-8,11,13H,9-10,12H2,1-2H3,(H,24,27). The van der Waals surface area contributed by atoms with E-state index in [1.807, 2.05) is 6.07 Å². The minimum absolute atomic E-state index is 0.0984. The predicted molar refractivity (Wildman–Crippen MR) is 121 cm³/mol. The molecule has 0 unspecified atom stereocenters. The topological polar surface area (TPSA) is 64.0 Å². The van der Waals surface area contributed by atoms with E-state index >= 15 is 0 Å². The first-order chi connectivity index (χ1) is 13.9. The Morgan fingerprint density at radius 2 is 1.93 bits per heavy atom. The van der Waals surface area contributed by atoms with Gasteiger partial charge in [-0.15, -0.1) is 0 Å². The molecule has 0 aliphatic rings. The van der Waals surface area contributed by atoms with Gasteiger partial charge in [0.25, 0.3) is 5.56 Å². The van der Waals surface area contributed by atoms with Crippen molar-refractivity contribution < 1.29 is 4.79 Å². The Morgan fingerprint density at radius 1 is 1.17 bits per heavy atom. The van der Waals surface area contributed by atoms with Crippen LogP contribution in [-0.4, -0.2) is 27.8 Å². The summed E-state index contributed by atoms with van der Waals surface area (Å²) in [5.74, 6) is 0.577. The van der Waals surface area contributed by atoms with Gasteiger partial charge in [0.1, 0.15) is 0 Å². The number of aromatic nitrogens is 2. The van der Waals surface area contributed by atoms with Crippen LogP contribution in [0, 0.1) is 5.92 Å². The Hall–Kier alpha value is -2.02. The molecule has 2 aromatic carbocycles. The summed E-state index contributed by atoms with van der Waals surface area (Å²) in [6.45, 7) is 4.84. The lowest BCUT2D eigenvalue weighted by atomic mass is 10.1. The molecule has 0 aliphatic carbocycles. The summed E-state index contributed by atoms with van der Waals surface area (Å²) in [4.78, 5) is 30.0. The van der Waals surface area contributed by atoms with Crippen molar-refractivity contribution >= 4 is 51.8 Å². The minimum atomic E-state index is -0.225. The zero-order valence-corrected chi connectivity index (χ0v) is 18.4. The van der Waals surface area contributed by atoms with Gasteiger partial charge in [-0.05, 0) is 42.7 Å². The molecule has 3 aromatic rings. The monoisotopic (exact) mass is 449 g/mol. The molecular weight excluding hydrogens is 429 g/mol. The van der Waals surface area contributed by atoms with Crippen molar-refractivity contribution in [3.05, 3.63) is 62.9 Å². The van der Waals surface area contributed by atoms with Crippen LogP contribution in [0.5, 0.6) is 0 Å². The summed E-state index contributed by atoms with van der Waals surface area (Å²) < 4.78 is 1.47. The average molecular weight is 450 g/mol. The lowest BCUT2D eigenvalue weighted by molar-refractivity contribution is -0.118. The van der Waals surface area contributed by atoms with E-state index in [2.05, 4.69) is 24.1 Å². The minimum Gasteiger partial charge on any atom is -0.355 e. The second-order valence-electron chi connectivity index (χ2n) is 6.97. The molecular formula is C21H21Cl2N3O2S. The predicted octanol–water partition coefficient (Wildman–Crippen LogP) is 4.95. The summed E-state index contributed by atoms with van der Waals surface area (Å²) in [6.07, 6.45) is 0.915. The van der Waals surface area contributed by atoms with Gasteiger partial charge in [0.2, 0.25) is 5.91 Å². The zero-order chi connectivity index (χ0) is 21.0. The van der Waals surface area contributed by atoms with Crippen LogP contribution in [-0.2, 0) is 4.79 Å². The maximum absolute atomic E-state index is 13.2. The van der Waals surface area contributed by atoms with Crippen molar-refractivity contribution in [2.75, 3.05) is 12.3 Å². The van der Waals surface area contributed by atoms with E-state index in [4.69, 9.17) is 23.2 Å². The van der Waals surface area contributed by atoms with Gasteiger partial charge in [0.05, 0.1) is 32.4 Å². The van der Waals surface area contributed by atoms with Crippen molar-refractivity contribution in [1.82, 2.24) is 14.9 Å². The highest BCUT2D eigenvalue weighted by Crippen LogP contribution is 2.27. The van der Waals surface area contributed by atoms with E-state index in [1.165, 1.54) is 16.3 Å². The van der Waals surface area contributed by atoms with Crippen LogP contribution in [0.25, 0.3) is 16.6 Å². The largest absolute Gasteiger partial charge is 0.355 e. The number of nitrogens with one attached hydrogen (secondary N) is 1. The Kier molecular flexibility index (Phi) is 7.22. The highest BCUT2D eigenvalue weighted by molar-refractivity contribution is 7.99. The first-order valence-electron chi connectivity index (χ1n) is 9.23. The first-order valence-corrected chi connectivity index (χ1v) is 11.0. The number of carbonyl (C=O) groups excluding carboxylic acids is 1. The highest BCUT2D eigenvalue weighted by atomic mass is 35.5. The quantitative estimate of drug-likeness (QED) is 0.409. The number of amides is 1. The molecule has 0 saturated heterocycles. The third kappa shape index (κ3) is 5.32. The van der Waals surface area contributed by atoms with Gasteiger partial charge in [-0.25, -0.2) is 4.98 Å². The average Bonchev–Trinajstić information content (AvgIpc) is 2.68. The second kappa shape index (κ2) is 9.65. The number of hydrogen-bond acceptors (Lipinski definition) is 4. The molecule has 1 amide bonds. The third-order valence-electron chi connectivity index (χ3n) is 4.28. The molecule has 0 spiro atoms. The van der Waals surface area contributed by atoms with Gasteiger partial charge in [0, 0.05) is 6.54 Å². The summed E-state index contributed by atoms with van der Waals surface area (Å²) in [7, 11) is 0. The lowest BCUT2D eigenvalue weighted by Crippen LogP contribution is -2.28. The van der Waals surface area contributed by atoms with Crippen LogP contribution in [0.2, 0.25) is 10.0 Å². The maximum Gasteiger partial charge on any atom is 0.266 e. The van der Waals surface area contributed by atoms with Crippen molar-refractivity contribution in [3.8, 4) is 5.69 Å². The smallest absolute Gasteiger partial charge is 0.266 e. The number of benzene rings is 2. The molecule has 0 aliphatic heterocycles. The third-order valence-corrected chi connectivity index (χ3v) is 5.96. The van der Waals surface area contributed by atoms with Crippen molar-refractivity contribution in [2.45, 2.75) is 25.4 Å². The van der Waals surface area contributed by atoms with E-state index in [1.54, 1.807) is 36.4 Å². The van der Waals surface area contributed by atoms with Gasteiger partial charge in [-0.1, -0.05) is 60.9 Å². The van der Waals surface area contributed by atoms with E-state index < -0.39 is 0 Å². The fourth-order valence-corrected chi connectivity index (χ4v) is 3.88. The number of nitrogens with zero attached hydrogens (tertiary/aromatic N) is 2. The first kappa shape index (κ1) is 21.7. The molecule has 29 heavy (non-hydrogen) atoms. The molecule has 1 aromatic heterocycles. The van der Waals surface area contributed by atoms with Gasteiger partial charge in [-0.3, -0.25) is 14.2 Å². The summed E-state index contributed by atoms with van der Waals surface area (Å²) in [5.41, 5.74) is 0.901. The Morgan fingerprint density at radius 3 is 2.66 bits per heavy atom. The Bertz CT molecular complexity index is 1100. The highest BCUT2D eigenvalue weighted by Gasteiger charge is 2.15. The molecule has 3 rings (SSSR count). The number of thioether (sulfide) groups is 1. The fourth-order valence-electron chi connectivity index (χ4n) is 2.74. The summed E-state index contributed by atoms with van der Waals surface area (Å²) >= 11 is 13.4. The van der Waals surface area contributed by atoms with E-state index in [9.17, 15) is 9.59 Å². The Labute approximate surface area is 183 Å². The van der Waals surface area contributed by atoms with Gasteiger partial charge >= 0.3 is 0 Å². The number of halogens is 2. The van der Waals surface area contributed by atoms with E-state index in [0.717, 1.165) is 6.42 Å². The van der Waals surface area contributed by atoms with Crippen molar-refractivity contribution in [1.29, 1.82) is 0 Å². The molecule has 0 saturated carbocycles. The van der Waals surface area contributed by atoms with Crippen molar-refractivity contribution in [3.63, 3.8) is 0 Å².